The molecule has 0 aliphatic heterocycles. The Kier molecular flexibility index (Phi) is 6.20. The van der Waals surface area contributed by atoms with Crippen molar-refractivity contribution in [2.75, 3.05) is 24.3 Å². The average molecular weight is 366 g/mol. The number of aryl methyl sites for hydroxylation is 1. The molecule has 1 aromatic heterocycles. The number of hydrogen-bond donors (Lipinski definition) is 2. The minimum absolute atomic E-state index is 0.238. The normalized spacial score (nSPS) is 10.5. The number of aromatic nitrogens is 2. The van der Waals surface area contributed by atoms with E-state index in [1.165, 1.54) is 12.1 Å². The van der Waals surface area contributed by atoms with Crippen LogP contribution in [0.1, 0.15) is 17.0 Å². The molecule has 3 aromatic rings. The van der Waals surface area contributed by atoms with E-state index in [2.05, 4.69) is 26.7 Å². The Morgan fingerprint density at radius 1 is 0.963 bits per heavy atom. The molecule has 0 saturated heterocycles. The Bertz CT molecular complexity index is 884. The summed E-state index contributed by atoms with van der Waals surface area (Å²) in [4.78, 5) is 8.83. The first-order valence-corrected chi connectivity index (χ1v) is 8.84. The Morgan fingerprint density at radius 3 is 2.41 bits per heavy atom. The highest BCUT2D eigenvalue weighted by molar-refractivity contribution is 5.48. The molecule has 1 heterocycles. The van der Waals surface area contributed by atoms with Gasteiger partial charge in [-0.2, -0.15) is 0 Å². The highest BCUT2D eigenvalue weighted by Gasteiger charge is 2.04. The molecule has 0 aliphatic carbocycles. The van der Waals surface area contributed by atoms with Crippen LogP contribution in [0.5, 0.6) is 5.75 Å². The number of methoxy groups -OCH3 is 1. The van der Waals surface area contributed by atoms with Gasteiger partial charge in [-0.1, -0.05) is 30.3 Å². The van der Waals surface area contributed by atoms with Crippen molar-refractivity contribution in [3.63, 3.8) is 0 Å². The van der Waals surface area contributed by atoms with Crippen molar-refractivity contribution in [3.05, 3.63) is 77.4 Å². The molecule has 0 saturated carbocycles. The fourth-order valence-electron chi connectivity index (χ4n) is 2.78. The predicted octanol–water partition coefficient (Wildman–Crippen LogP) is 4.20. The lowest BCUT2D eigenvalue weighted by Crippen LogP contribution is -2.10. The van der Waals surface area contributed by atoms with Gasteiger partial charge in [0.15, 0.2) is 0 Å². The summed E-state index contributed by atoms with van der Waals surface area (Å²) in [5, 5.41) is 6.59. The second-order valence-corrected chi connectivity index (χ2v) is 6.15. The summed E-state index contributed by atoms with van der Waals surface area (Å²) in [6.45, 7) is 3.15. The van der Waals surface area contributed by atoms with Crippen LogP contribution >= 0.6 is 0 Å². The van der Waals surface area contributed by atoms with Crippen LogP contribution in [0.4, 0.5) is 16.0 Å². The molecule has 5 nitrogen and oxygen atoms in total. The van der Waals surface area contributed by atoms with E-state index in [4.69, 9.17) is 4.74 Å². The van der Waals surface area contributed by atoms with Crippen LogP contribution in [-0.2, 0) is 13.0 Å². The first kappa shape index (κ1) is 18.6. The quantitative estimate of drug-likeness (QED) is 0.626. The van der Waals surface area contributed by atoms with Gasteiger partial charge in [0.2, 0.25) is 0 Å². The number of ether oxygens (including phenoxy) is 1. The van der Waals surface area contributed by atoms with Gasteiger partial charge < -0.3 is 15.4 Å². The van der Waals surface area contributed by atoms with Gasteiger partial charge >= 0.3 is 0 Å². The summed E-state index contributed by atoms with van der Waals surface area (Å²) in [5.41, 5.74) is 2.13. The van der Waals surface area contributed by atoms with E-state index in [0.717, 1.165) is 41.5 Å². The number of nitrogens with zero attached hydrogens (tertiary/aromatic N) is 2. The highest BCUT2D eigenvalue weighted by atomic mass is 19.1. The molecule has 2 aromatic carbocycles. The summed E-state index contributed by atoms with van der Waals surface area (Å²) in [7, 11) is 1.68. The summed E-state index contributed by atoms with van der Waals surface area (Å²) < 4.78 is 18.4. The first-order chi connectivity index (χ1) is 13.1. The molecule has 0 bridgehead atoms. The standard InChI is InChI=1S/C21H23FN4O/c1-15-25-20(23-12-11-17-5-3-4-6-19(17)27-2)13-21(26-15)24-14-16-7-9-18(22)10-8-16/h3-10,13H,11-12,14H2,1-2H3,(H2,23,24,25,26). The largest absolute Gasteiger partial charge is 0.496 e. The molecule has 2 N–H and O–H groups in total. The summed E-state index contributed by atoms with van der Waals surface area (Å²) in [5.74, 6) is 2.82. The molecule has 0 amide bonds. The minimum atomic E-state index is -0.238. The number of nitrogens with one attached hydrogen (secondary N) is 2. The first-order valence-electron chi connectivity index (χ1n) is 8.84. The second-order valence-electron chi connectivity index (χ2n) is 6.15. The second kappa shape index (κ2) is 8.98. The number of rotatable bonds is 8. The fraction of sp³-hybridized carbons (Fsp3) is 0.238. The van der Waals surface area contributed by atoms with Gasteiger partial charge in [-0.3, -0.25) is 0 Å². The highest BCUT2D eigenvalue weighted by Crippen LogP contribution is 2.18. The molecule has 140 valence electrons. The summed E-state index contributed by atoms with van der Waals surface area (Å²) in [6.07, 6.45) is 0.825. The molecule has 0 atom stereocenters. The molecular formula is C21H23FN4O. The van der Waals surface area contributed by atoms with Crippen LogP contribution in [0.3, 0.4) is 0 Å². The molecule has 3 rings (SSSR count). The van der Waals surface area contributed by atoms with E-state index in [-0.39, 0.29) is 5.82 Å². The number of benzene rings is 2. The number of para-hydroxylation sites is 1. The van der Waals surface area contributed by atoms with Gasteiger partial charge in [0.25, 0.3) is 0 Å². The maximum Gasteiger partial charge on any atom is 0.132 e. The SMILES string of the molecule is COc1ccccc1CCNc1cc(NCc2ccc(F)cc2)nc(C)n1. The van der Waals surface area contributed by atoms with E-state index >= 15 is 0 Å². The van der Waals surface area contributed by atoms with Crippen LogP contribution in [-0.4, -0.2) is 23.6 Å². The Hall–Kier alpha value is -3.15. The van der Waals surface area contributed by atoms with Crippen LogP contribution in [0.25, 0.3) is 0 Å². The zero-order valence-corrected chi connectivity index (χ0v) is 15.5. The molecule has 0 radical (unpaired) electrons. The third-order valence-electron chi connectivity index (χ3n) is 4.12. The number of hydrogen-bond acceptors (Lipinski definition) is 5. The van der Waals surface area contributed by atoms with Crippen LogP contribution in [0.15, 0.2) is 54.6 Å². The average Bonchev–Trinajstić information content (AvgIpc) is 2.67. The minimum Gasteiger partial charge on any atom is -0.496 e. The van der Waals surface area contributed by atoms with Crippen LogP contribution < -0.4 is 15.4 Å². The van der Waals surface area contributed by atoms with E-state index in [0.29, 0.717) is 12.4 Å². The van der Waals surface area contributed by atoms with Crippen LogP contribution in [0, 0.1) is 12.7 Å². The van der Waals surface area contributed by atoms with Crippen LogP contribution in [0.2, 0.25) is 0 Å². The zero-order chi connectivity index (χ0) is 19.1. The summed E-state index contributed by atoms with van der Waals surface area (Å²) in [6, 6.07) is 16.3. The predicted molar refractivity (Wildman–Crippen MR) is 106 cm³/mol. The maximum absolute atomic E-state index is 13.0. The van der Waals surface area contributed by atoms with Crippen molar-refractivity contribution in [2.45, 2.75) is 19.9 Å². The fourth-order valence-corrected chi connectivity index (χ4v) is 2.78. The van der Waals surface area contributed by atoms with E-state index in [1.54, 1.807) is 19.2 Å². The van der Waals surface area contributed by atoms with E-state index < -0.39 is 0 Å². The van der Waals surface area contributed by atoms with Crippen molar-refractivity contribution in [1.29, 1.82) is 0 Å². The van der Waals surface area contributed by atoms with Gasteiger partial charge in [-0.15, -0.1) is 0 Å². The van der Waals surface area contributed by atoms with Crippen molar-refractivity contribution in [1.82, 2.24) is 9.97 Å². The zero-order valence-electron chi connectivity index (χ0n) is 15.5. The smallest absolute Gasteiger partial charge is 0.132 e. The number of anilines is 2. The maximum atomic E-state index is 13.0. The van der Waals surface area contributed by atoms with Gasteiger partial charge in [-0.05, 0) is 42.7 Å². The molecule has 0 unspecified atom stereocenters. The lowest BCUT2D eigenvalue weighted by Gasteiger charge is -2.11. The Morgan fingerprint density at radius 2 is 1.67 bits per heavy atom. The topological polar surface area (TPSA) is 59.1 Å². The van der Waals surface area contributed by atoms with E-state index in [1.807, 2.05) is 31.2 Å². The third kappa shape index (κ3) is 5.41. The van der Waals surface area contributed by atoms with Crippen molar-refractivity contribution in [2.24, 2.45) is 0 Å². The molecule has 27 heavy (non-hydrogen) atoms. The lowest BCUT2D eigenvalue weighted by atomic mass is 10.1. The molecule has 6 heteroatoms. The monoisotopic (exact) mass is 366 g/mol. The van der Waals surface area contributed by atoms with Gasteiger partial charge in [0.1, 0.15) is 29.0 Å². The molecule has 0 aliphatic rings. The summed E-state index contributed by atoms with van der Waals surface area (Å²) >= 11 is 0. The van der Waals surface area contributed by atoms with Crippen molar-refractivity contribution >= 4 is 11.6 Å². The van der Waals surface area contributed by atoms with Gasteiger partial charge in [0.05, 0.1) is 7.11 Å². The van der Waals surface area contributed by atoms with E-state index in [9.17, 15) is 4.39 Å². The third-order valence-corrected chi connectivity index (χ3v) is 4.12. The molecular weight excluding hydrogens is 343 g/mol. The van der Waals surface area contributed by atoms with Gasteiger partial charge in [-0.25, -0.2) is 14.4 Å². The molecule has 0 fully saturated rings. The lowest BCUT2D eigenvalue weighted by molar-refractivity contribution is 0.410. The van der Waals surface area contributed by atoms with Gasteiger partial charge in [0, 0.05) is 19.2 Å². The Labute approximate surface area is 158 Å². The number of halogens is 1. The van der Waals surface area contributed by atoms with Crippen molar-refractivity contribution < 1.29 is 9.13 Å². The van der Waals surface area contributed by atoms with Crippen molar-refractivity contribution in [3.8, 4) is 5.75 Å². The molecule has 0 spiro atoms. The Balaban J connectivity index is 1.58.